The fraction of sp³-hybridized carbons (Fsp3) is 0.467. The highest BCUT2D eigenvalue weighted by atomic mass is 35.5. The highest BCUT2D eigenvalue weighted by molar-refractivity contribution is 6.74. The van der Waals surface area contributed by atoms with Crippen molar-refractivity contribution in [2.45, 2.75) is 80.4 Å². The third kappa shape index (κ3) is 5.28. The van der Waals surface area contributed by atoms with Crippen LogP contribution in [0.2, 0.25) is 18.1 Å². The molecule has 198 valence electrons. The number of benzene rings is 2. The molecule has 0 radical (unpaired) electrons. The summed E-state index contributed by atoms with van der Waals surface area (Å²) >= 11 is 12.6. The molecular formula is C30H36Cl2O4Si. The minimum atomic E-state index is -2.41. The summed E-state index contributed by atoms with van der Waals surface area (Å²) in [6, 6.07) is 20.5. The number of halogens is 2. The van der Waals surface area contributed by atoms with Crippen LogP contribution in [-0.2, 0) is 24.2 Å². The normalized spacial score (nSPS) is 23.3. The van der Waals surface area contributed by atoms with Crippen LogP contribution in [0.15, 0.2) is 72.5 Å². The van der Waals surface area contributed by atoms with Gasteiger partial charge >= 0.3 is 5.97 Å². The van der Waals surface area contributed by atoms with Crippen LogP contribution in [0.4, 0.5) is 0 Å². The third-order valence-corrected chi connectivity index (χ3v) is 13.7. The van der Waals surface area contributed by atoms with Gasteiger partial charge in [-0.25, -0.2) is 4.79 Å². The molecule has 2 saturated carbocycles. The Morgan fingerprint density at radius 2 is 1.54 bits per heavy atom. The van der Waals surface area contributed by atoms with Gasteiger partial charge in [0, 0.05) is 12.3 Å². The Kier molecular flexibility index (Phi) is 7.73. The van der Waals surface area contributed by atoms with Crippen molar-refractivity contribution in [2.24, 2.45) is 5.92 Å². The summed E-state index contributed by atoms with van der Waals surface area (Å²) in [5, 5.41) is -0.147. The second-order valence-corrected chi connectivity index (χ2v) is 17.9. The molecule has 0 saturated heterocycles. The molecule has 37 heavy (non-hydrogen) atoms. The van der Waals surface area contributed by atoms with Crippen LogP contribution in [-0.4, -0.2) is 30.5 Å². The molecule has 2 fully saturated rings. The number of Topliss-reactive ketones (excluding diaryl/α,β-unsaturated/α-hetero) is 1. The minimum absolute atomic E-state index is 0.108. The summed E-state index contributed by atoms with van der Waals surface area (Å²) in [6.45, 7) is 10.5. The van der Waals surface area contributed by atoms with Gasteiger partial charge in [0.05, 0.1) is 5.41 Å². The number of carbonyl (C=O) groups excluding carboxylic acids is 2. The van der Waals surface area contributed by atoms with Gasteiger partial charge in [0.25, 0.3) is 8.32 Å². The first kappa shape index (κ1) is 27.9. The molecule has 0 bridgehead atoms. The van der Waals surface area contributed by atoms with Crippen LogP contribution in [0.25, 0.3) is 0 Å². The Bertz CT molecular complexity index is 1130. The van der Waals surface area contributed by atoms with Crippen molar-refractivity contribution in [1.82, 2.24) is 0 Å². The van der Waals surface area contributed by atoms with Crippen molar-refractivity contribution >= 4 is 43.3 Å². The predicted molar refractivity (Wildman–Crippen MR) is 151 cm³/mol. The number of alkyl halides is 2. The summed E-state index contributed by atoms with van der Waals surface area (Å²) < 4.78 is 11.3. The van der Waals surface area contributed by atoms with Crippen LogP contribution in [0.1, 0.15) is 57.6 Å². The molecule has 0 heterocycles. The average molecular weight is 560 g/mol. The molecule has 0 unspecified atom stereocenters. The van der Waals surface area contributed by atoms with E-state index in [0.29, 0.717) is 0 Å². The lowest BCUT2D eigenvalue weighted by Gasteiger charge is -2.40. The second-order valence-electron chi connectivity index (χ2n) is 11.7. The Morgan fingerprint density at radius 3 is 2.00 bits per heavy atom. The molecule has 7 heteroatoms. The smallest absolute Gasteiger partial charge is 0.372 e. The molecule has 2 atom stereocenters. The summed E-state index contributed by atoms with van der Waals surface area (Å²) in [5.74, 6) is -1.18. The molecule has 2 aromatic carbocycles. The van der Waals surface area contributed by atoms with Crippen LogP contribution in [0.3, 0.4) is 0 Å². The Labute approximate surface area is 231 Å². The zero-order valence-corrected chi connectivity index (χ0v) is 24.7. The molecule has 0 N–H and O–H groups in total. The first-order valence-electron chi connectivity index (χ1n) is 12.9. The molecule has 0 aliphatic heterocycles. The first-order chi connectivity index (χ1) is 17.3. The number of allylic oxidation sites excluding steroid dienone is 1. The average Bonchev–Trinajstić information content (AvgIpc) is 3.27. The van der Waals surface area contributed by atoms with E-state index in [1.54, 1.807) is 6.08 Å². The van der Waals surface area contributed by atoms with Crippen molar-refractivity contribution in [1.29, 1.82) is 0 Å². The number of esters is 1. The molecule has 0 amide bonds. The molecule has 2 aliphatic rings. The van der Waals surface area contributed by atoms with Crippen molar-refractivity contribution in [3.05, 3.63) is 83.6 Å². The van der Waals surface area contributed by atoms with Crippen LogP contribution in [0, 0.1) is 5.92 Å². The SMILES string of the molecule is CC(C)(C)[Si](C)(C)O/C(=C\[C@H]1CC(=O)C1(Cl)Cl)C(=O)O[C@@H]1CCCC1(c1ccccc1)c1ccccc1. The van der Waals surface area contributed by atoms with Crippen molar-refractivity contribution in [2.75, 3.05) is 0 Å². The van der Waals surface area contributed by atoms with E-state index in [9.17, 15) is 9.59 Å². The lowest BCUT2D eigenvalue weighted by molar-refractivity contribution is -0.149. The number of carbonyl (C=O) groups is 2. The van der Waals surface area contributed by atoms with E-state index in [0.717, 1.165) is 30.4 Å². The zero-order valence-electron chi connectivity index (χ0n) is 22.2. The third-order valence-electron chi connectivity index (χ3n) is 8.38. The van der Waals surface area contributed by atoms with Crippen LogP contribution >= 0.6 is 23.2 Å². The lowest BCUT2D eigenvalue weighted by Crippen LogP contribution is -2.48. The highest BCUT2D eigenvalue weighted by Gasteiger charge is 2.53. The topological polar surface area (TPSA) is 52.6 Å². The quantitative estimate of drug-likeness (QED) is 0.115. The summed E-state index contributed by atoms with van der Waals surface area (Å²) in [5.41, 5.74) is 1.78. The molecular weight excluding hydrogens is 523 g/mol. The van der Waals surface area contributed by atoms with E-state index < -0.39 is 30.0 Å². The standard InChI is InChI=1S/C30H36Cl2O4Si/c1-28(2,3)37(4,5)36-24(19-23-20-25(33)30(23,31)32)27(34)35-26-17-12-18-29(26,21-13-8-6-9-14-21)22-15-10-7-11-16-22/h6-11,13-16,19,23,26H,12,17-18,20H2,1-5H3/b24-19-/t23-,26+/m0/s1. The maximum absolute atomic E-state index is 13.9. The van der Waals surface area contributed by atoms with Crippen molar-refractivity contribution in [3.63, 3.8) is 0 Å². The van der Waals surface area contributed by atoms with Gasteiger partial charge < -0.3 is 9.16 Å². The molecule has 4 nitrogen and oxygen atoms in total. The molecule has 0 aromatic heterocycles. The maximum atomic E-state index is 13.9. The summed E-state index contributed by atoms with van der Waals surface area (Å²) in [6.07, 6.45) is 3.94. The van der Waals surface area contributed by atoms with Gasteiger partial charge in [0.15, 0.2) is 15.9 Å². The minimum Gasteiger partial charge on any atom is -0.539 e. The largest absolute Gasteiger partial charge is 0.539 e. The van der Waals surface area contributed by atoms with Gasteiger partial charge in [-0.05, 0) is 54.6 Å². The van der Waals surface area contributed by atoms with Gasteiger partial charge in [-0.15, -0.1) is 0 Å². The van der Waals surface area contributed by atoms with Gasteiger partial charge in [-0.1, -0.05) is 105 Å². The molecule has 2 aromatic rings. The van der Waals surface area contributed by atoms with E-state index in [4.69, 9.17) is 32.4 Å². The van der Waals surface area contributed by atoms with E-state index in [-0.39, 0.29) is 29.1 Å². The second kappa shape index (κ2) is 10.2. The predicted octanol–water partition coefficient (Wildman–Crippen LogP) is 7.74. The number of hydrogen-bond acceptors (Lipinski definition) is 4. The van der Waals surface area contributed by atoms with Crippen molar-refractivity contribution in [3.8, 4) is 0 Å². The first-order valence-corrected chi connectivity index (χ1v) is 16.6. The van der Waals surface area contributed by atoms with Gasteiger partial charge in [-0.2, -0.15) is 0 Å². The Morgan fingerprint density at radius 1 is 1.00 bits per heavy atom. The molecule has 4 rings (SSSR count). The van der Waals surface area contributed by atoms with E-state index in [1.807, 2.05) is 36.4 Å². The molecule has 0 spiro atoms. The number of hydrogen-bond donors (Lipinski definition) is 0. The van der Waals surface area contributed by atoms with Crippen molar-refractivity contribution < 1.29 is 18.8 Å². The van der Waals surface area contributed by atoms with Gasteiger partial charge in [0.2, 0.25) is 0 Å². The monoisotopic (exact) mass is 558 g/mol. The lowest BCUT2D eigenvalue weighted by atomic mass is 9.71. The summed E-state index contributed by atoms with van der Waals surface area (Å²) in [4.78, 5) is 25.9. The van der Waals surface area contributed by atoms with E-state index in [1.165, 1.54) is 0 Å². The van der Waals surface area contributed by atoms with E-state index in [2.05, 4.69) is 58.1 Å². The van der Waals surface area contributed by atoms with Crippen LogP contribution < -0.4 is 0 Å². The Hall–Kier alpha value is -2.08. The number of rotatable bonds is 7. The zero-order chi connectivity index (χ0) is 27.1. The number of ketones is 1. The van der Waals surface area contributed by atoms with Gasteiger partial charge in [0.1, 0.15) is 6.10 Å². The van der Waals surface area contributed by atoms with Crippen LogP contribution in [0.5, 0.6) is 0 Å². The number of ether oxygens (including phenoxy) is 1. The summed E-state index contributed by atoms with van der Waals surface area (Å²) in [7, 11) is -2.41. The maximum Gasteiger partial charge on any atom is 0.372 e. The fourth-order valence-electron chi connectivity index (χ4n) is 5.08. The fourth-order valence-corrected chi connectivity index (χ4v) is 6.52. The molecule has 2 aliphatic carbocycles. The van der Waals surface area contributed by atoms with Gasteiger partial charge in [-0.3, -0.25) is 4.79 Å². The Balaban J connectivity index is 1.71. The van der Waals surface area contributed by atoms with E-state index >= 15 is 0 Å². The highest BCUT2D eigenvalue weighted by Crippen LogP contribution is 2.49.